The normalized spacial score (nSPS) is 19.9. The summed E-state index contributed by atoms with van der Waals surface area (Å²) in [6.45, 7) is 1.72. The van der Waals surface area contributed by atoms with Crippen molar-refractivity contribution in [3.05, 3.63) is 27.7 Å². The lowest BCUT2D eigenvalue weighted by molar-refractivity contribution is 0.0928. The van der Waals surface area contributed by atoms with Crippen molar-refractivity contribution < 1.29 is 4.79 Å². The zero-order valence-corrected chi connectivity index (χ0v) is 13.0. The van der Waals surface area contributed by atoms with Crippen molar-refractivity contribution in [3.8, 4) is 0 Å². The standard InChI is InChI=1S/C14H19Cl2N3O/c1-19-5-3-2-4-10(19)8-18-14(20)9-6-11(15)13(16)12(17)7-9/h6-7,10H,2-5,8,17H2,1H3,(H,18,20). The maximum absolute atomic E-state index is 12.1. The first kappa shape index (κ1) is 15.4. The molecule has 2 rings (SSSR count). The molecule has 1 aromatic rings. The predicted molar refractivity (Wildman–Crippen MR) is 83.5 cm³/mol. The van der Waals surface area contributed by atoms with E-state index in [4.69, 9.17) is 28.9 Å². The molecule has 0 spiro atoms. The Balaban J connectivity index is 1.98. The van der Waals surface area contributed by atoms with Crippen molar-refractivity contribution in [3.63, 3.8) is 0 Å². The van der Waals surface area contributed by atoms with Crippen molar-refractivity contribution in [1.29, 1.82) is 0 Å². The van der Waals surface area contributed by atoms with Gasteiger partial charge in [-0.25, -0.2) is 0 Å². The van der Waals surface area contributed by atoms with Crippen LogP contribution in [0.5, 0.6) is 0 Å². The molecule has 0 saturated carbocycles. The minimum absolute atomic E-state index is 0.172. The Kier molecular flexibility index (Phi) is 5.13. The topological polar surface area (TPSA) is 58.4 Å². The molecule has 1 atom stereocenters. The summed E-state index contributed by atoms with van der Waals surface area (Å²) in [6.07, 6.45) is 3.55. The molecule has 4 nitrogen and oxygen atoms in total. The predicted octanol–water partition coefficient (Wildman–Crippen LogP) is 2.79. The lowest BCUT2D eigenvalue weighted by atomic mass is 10.0. The quantitative estimate of drug-likeness (QED) is 0.843. The first-order valence-electron chi connectivity index (χ1n) is 6.72. The smallest absolute Gasteiger partial charge is 0.251 e. The third-order valence-electron chi connectivity index (χ3n) is 3.74. The lowest BCUT2D eigenvalue weighted by Crippen LogP contribution is -2.44. The number of nitrogens with two attached hydrogens (primary N) is 1. The van der Waals surface area contributed by atoms with Gasteiger partial charge in [-0.3, -0.25) is 4.79 Å². The molecule has 6 heteroatoms. The summed E-state index contributed by atoms with van der Waals surface area (Å²) in [4.78, 5) is 14.4. The Morgan fingerprint density at radius 3 is 2.85 bits per heavy atom. The third-order valence-corrected chi connectivity index (χ3v) is 4.55. The Labute approximate surface area is 129 Å². The Hall–Kier alpha value is -0.970. The molecule has 1 fully saturated rings. The number of anilines is 1. The first-order chi connectivity index (χ1) is 9.49. The van der Waals surface area contributed by atoms with E-state index in [-0.39, 0.29) is 10.9 Å². The Bertz CT molecular complexity index is 484. The van der Waals surface area contributed by atoms with E-state index in [1.54, 1.807) is 12.1 Å². The molecular formula is C14H19Cl2N3O. The van der Waals surface area contributed by atoms with Crippen LogP contribution in [0.3, 0.4) is 0 Å². The molecular weight excluding hydrogens is 297 g/mol. The number of carbonyl (C=O) groups excluding carboxylic acids is 1. The number of hydrogen-bond donors (Lipinski definition) is 2. The number of nitrogens with one attached hydrogen (secondary N) is 1. The summed E-state index contributed by atoms with van der Waals surface area (Å²) in [5.74, 6) is -0.172. The van der Waals surface area contributed by atoms with Gasteiger partial charge in [0.15, 0.2) is 0 Å². The third kappa shape index (κ3) is 3.57. The van der Waals surface area contributed by atoms with Gasteiger partial charge in [0.1, 0.15) is 0 Å². The summed E-state index contributed by atoms with van der Waals surface area (Å²) < 4.78 is 0. The largest absolute Gasteiger partial charge is 0.397 e. The molecule has 0 radical (unpaired) electrons. The monoisotopic (exact) mass is 315 g/mol. The number of rotatable bonds is 3. The van der Waals surface area contributed by atoms with Crippen molar-refractivity contribution >= 4 is 34.8 Å². The summed E-state index contributed by atoms with van der Waals surface area (Å²) in [7, 11) is 2.09. The van der Waals surface area contributed by atoms with Crippen LogP contribution in [-0.2, 0) is 0 Å². The van der Waals surface area contributed by atoms with Crippen LogP contribution < -0.4 is 11.1 Å². The molecule has 1 saturated heterocycles. The van der Waals surface area contributed by atoms with Gasteiger partial charge in [0.05, 0.1) is 15.7 Å². The van der Waals surface area contributed by atoms with Crippen LogP contribution in [0.4, 0.5) is 5.69 Å². The molecule has 0 aliphatic carbocycles. The zero-order chi connectivity index (χ0) is 14.7. The minimum atomic E-state index is -0.172. The lowest BCUT2D eigenvalue weighted by Gasteiger charge is -2.32. The van der Waals surface area contributed by atoms with Crippen molar-refractivity contribution in [2.24, 2.45) is 0 Å². The van der Waals surface area contributed by atoms with Gasteiger partial charge < -0.3 is 16.0 Å². The number of likely N-dealkylation sites (N-methyl/N-ethyl adjacent to an activating group) is 1. The second-order valence-corrected chi connectivity index (χ2v) is 5.99. The molecule has 1 aliphatic heterocycles. The van der Waals surface area contributed by atoms with Crippen LogP contribution in [0.1, 0.15) is 29.6 Å². The highest BCUT2D eigenvalue weighted by Gasteiger charge is 2.20. The molecule has 1 unspecified atom stereocenters. The van der Waals surface area contributed by atoms with Crippen LogP contribution in [-0.4, -0.2) is 37.0 Å². The van der Waals surface area contributed by atoms with Crippen molar-refractivity contribution in [2.45, 2.75) is 25.3 Å². The van der Waals surface area contributed by atoms with E-state index < -0.39 is 0 Å². The second-order valence-electron chi connectivity index (χ2n) is 5.20. The van der Waals surface area contributed by atoms with Gasteiger partial charge in [-0.2, -0.15) is 0 Å². The molecule has 110 valence electrons. The number of hydrogen-bond acceptors (Lipinski definition) is 3. The van der Waals surface area contributed by atoms with Gasteiger partial charge in [-0.1, -0.05) is 29.6 Å². The van der Waals surface area contributed by atoms with Crippen LogP contribution in [0.2, 0.25) is 10.0 Å². The Morgan fingerprint density at radius 1 is 1.45 bits per heavy atom. The zero-order valence-electron chi connectivity index (χ0n) is 11.5. The minimum Gasteiger partial charge on any atom is -0.397 e. The van der Waals surface area contributed by atoms with Crippen LogP contribution >= 0.6 is 23.2 Å². The van der Waals surface area contributed by atoms with E-state index in [0.29, 0.717) is 28.9 Å². The number of carbonyl (C=O) groups is 1. The summed E-state index contributed by atoms with van der Waals surface area (Å²) in [6, 6.07) is 3.49. The van der Waals surface area contributed by atoms with E-state index in [2.05, 4.69) is 17.3 Å². The molecule has 3 N–H and O–H groups in total. The molecule has 0 bridgehead atoms. The molecule has 20 heavy (non-hydrogen) atoms. The second kappa shape index (κ2) is 6.66. The number of piperidine rings is 1. The average Bonchev–Trinajstić information content (AvgIpc) is 2.43. The maximum atomic E-state index is 12.1. The van der Waals surface area contributed by atoms with Crippen molar-refractivity contribution in [2.75, 3.05) is 25.9 Å². The van der Waals surface area contributed by atoms with Gasteiger partial charge in [0.25, 0.3) is 5.91 Å². The number of likely N-dealkylation sites (tertiary alicyclic amines) is 1. The summed E-state index contributed by atoms with van der Waals surface area (Å²) in [5.41, 5.74) is 6.47. The van der Waals surface area contributed by atoms with Gasteiger partial charge in [-0.15, -0.1) is 0 Å². The average molecular weight is 316 g/mol. The molecule has 1 heterocycles. The fraction of sp³-hybridized carbons (Fsp3) is 0.500. The highest BCUT2D eigenvalue weighted by molar-refractivity contribution is 6.43. The van der Waals surface area contributed by atoms with E-state index in [0.717, 1.165) is 13.0 Å². The molecule has 1 amide bonds. The van der Waals surface area contributed by atoms with Crippen LogP contribution in [0.25, 0.3) is 0 Å². The van der Waals surface area contributed by atoms with Crippen LogP contribution in [0, 0.1) is 0 Å². The highest BCUT2D eigenvalue weighted by atomic mass is 35.5. The number of amides is 1. The SMILES string of the molecule is CN1CCCCC1CNC(=O)c1cc(N)c(Cl)c(Cl)c1. The van der Waals surface area contributed by atoms with E-state index >= 15 is 0 Å². The molecule has 1 aliphatic rings. The molecule has 0 aromatic heterocycles. The molecule has 1 aromatic carbocycles. The van der Waals surface area contributed by atoms with Gasteiger partial charge in [0.2, 0.25) is 0 Å². The summed E-state index contributed by atoms with van der Waals surface area (Å²) in [5, 5.41) is 3.52. The van der Waals surface area contributed by atoms with E-state index in [1.807, 2.05) is 0 Å². The van der Waals surface area contributed by atoms with Gasteiger partial charge >= 0.3 is 0 Å². The van der Waals surface area contributed by atoms with E-state index in [9.17, 15) is 4.79 Å². The number of nitrogen functional groups attached to an aromatic ring is 1. The number of halogens is 2. The Morgan fingerprint density at radius 2 is 2.20 bits per heavy atom. The number of nitrogens with zero attached hydrogens (tertiary/aromatic N) is 1. The van der Waals surface area contributed by atoms with Gasteiger partial charge in [0, 0.05) is 18.2 Å². The fourth-order valence-electron chi connectivity index (χ4n) is 2.46. The first-order valence-corrected chi connectivity index (χ1v) is 7.47. The summed E-state index contributed by atoms with van der Waals surface area (Å²) >= 11 is 11.8. The maximum Gasteiger partial charge on any atom is 0.251 e. The van der Waals surface area contributed by atoms with Crippen molar-refractivity contribution in [1.82, 2.24) is 10.2 Å². The van der Waals surface area contributed by atoms with Crippen LogP contribution in [0.15, 0.2) is 12.1 Å². The van der Waals surface area contributed by atoms with E-state index in [1.165, 1.54) is 12.8 Å². The van der Waals surface area contributed by atoms with Gasteiger partial charge in [-0.05, 0) is 38.6 Å². The highest BCUT2D eigenvalue weighted by Crippen LogP contribution is 2.29. The fourth-order valence-corrected chi connectivity index (χ4v) is 2.79. The number of benzene rings is 1.